The van der Waals surface area contributed by atoms with Crippen molar-refractivity contribution < 1.29 is 13.4 Å². The molecule has 1 aromatic rings. The molecule has 3 rings (SSSR count). The van der Waals surface area contributed by atoms with Crippen molar-refractivity contribution in [3.05, 3.63) is 35.1 Å². The molecule has 2 bridgehead atoms. The molecule has 0 aliphatic carbocycles. The first-order chi connectivity index (χ1) is 9.08. The van der Waals surface area contributed by atoms with Crippen LogP contribution >= 0.6 is 0 Å². The molecule has 2 heterocycles. The second kappa shape index (κ2) is 4.82. The second-order valence-corrected chi connectivity index (χ2v) is 7.60. The quantitative estimate of drug-likeness (QED) is 0.780. The van der Waals surface area contributed by atoms with Crippen LogP contribution in [-0.4, -0.2) is 20.5 Å². The van der Waals surface area contributed by atoms with E-state index in [1.165, 1.54) is 6.07 Å². The summed E-state index contributed by atoms with van der Waals surface area (Å²) in [6.45, 7) is 1.77. The molecule has 4 heteroatoms. The van der Waals surface area contributed by atoms with Gasteiger partial charge in [0.05, 0.1) is 5.56 Å². The Labute approximate surface area is 114 Å². The van der Waals surface area contributed by atoms with Crippen molar-refractivity contribution in [2.24, 2.45) is 5.92 Å². The average molecular weight is 280 g/mol. The standard InChI is InChI=1S/C15H17FO2S/c1-9-3-2-4-13(16)14(9)15(17)10-7-11-5-6-12(8-10)19(11)18/h2-4,10-12H,5-8H2,1H3. The topological polar surface area (TPSA) is 34.1 Å². The number of aryl methyl sites for hydroxylation is 1. The zero-order chi connectivity index (χ0) is 13.6. The number of hydrogen-bond acceptors (Lipinski definition) is 2. The minimum absolute atomic E-state index is 0.0933. The number of hydrogen-bond donors (Lipinski definition) is 0. The van der Waals surface area contributed by atoms with Crippen LogP contribution in [0.4, 0.5) is 4.39 Å². The first kappa shape index (κ1) is 13.0. The van der Waals surface area contributed by atoms with Crippen molar-refractivity contribution in [1.82, 2.24) is 0 Å². The number of carbonyl (C=O) groups excluding carboxylic acids is 1. The predicted molar refractivity (Wildman–Crippen MR) is 73.1 cm³/mol. The number of rotatable bonds is 2. The Morgan fingerprint density at radius 1 is 1.26 bits per heavy atom. The molecular formula is C15H17FO2S. The van der Waals surface area contributed by atoms with E-state index in [1.807, 2.05) is 0 Å². The van der Waals surface area contributed by atoms with E-state index in [0.717, 1.165) is 12.8 Å². The molecule has 0 radical (unpaired) electrons. The van der Waals surface area contributed by atoms with Crippen LogP contribution < -0.4 is 0 Å². The molecule has 19 heavy (non-hydrogen) atoms. The first-order valence-electron chi connectivity index (χ1n) is 6.76. The SMILES string of the molecule is Cc1cccc(F)c1C(=O)C1CC2CCC(C1)S2=O. The minimum Gasteiger partial charge on any atom is -0.294 e. The van der Waals surface area contributed by atoms with Crippen LogP contribution in [0.5, 0.6) is 0 Å². The average Bonchev–Trinajstić information content (AvgIpc) is 2.62. The summed E-state index contributed by atoms with van der Waals surface area (Å²) < 4.78 is 25.8. The summed E-state index contributed by atoms with van der Waals surface area (Å²) in [4.78, 5) is 12.5. The molecule has 2 aliphatic rings. The number of benzene rings is 1. The number of carbonyl (C=O) groups is 1. The molecule has 0 amide bonds. The number of halogens is 1. The second-order valence-electron chi connectivity index (χ2n) is 5.61. The Balaban J connectivity index is 1.88. The summed E-state index contributed by atoms with van der Waals surface area (Å²) in [5.74, 6) is -0.668. The van der Waals surface area contributed by atoms with Crippen LogP contribution in [0.15, 0.2) is 18.2 Å². The summed E-state index contributed by atoms with van der Waals surface area (Å²) in [6, 6.07) is 4.74. The summed E-state index contributed by atoms with van der Waals surface area (Å²) in [5.41, 5.74) is 0.934. The van der Waals surface area contributed by atoms with E-state index in [2.05, 4.69) is 0 Å². The first-order valence-corrected chi connectivity index (χ1v) is 8.04. The molecule has 2 aliphatic heterocycles. The van der Waals surface area contributed by atoms with Gasteiger partial charge in [0.2, 0.25) is 0 Å². The van der Waals surface area contributed by atoms with Gasteiger partial charge in [-0.1, -0.05) is 12.1 Å². The van der Waals surface area contributed by atoms with Crippen molar-refractivity contribution in [3.8, 4) is 0 Å². The van der Waals surface area contributed by atoms with E-state index in [1.54, 1.807) is 19.1 Å². The highest BCUT2D eigenvalue weighted by atomic mass is 32.2. The predicted octanol–water partition coefficient (Wildman–Crippen LogP) is 3.01. The molecule has 1 aromatic carbocycles. The molecular weight excluding hydrogens is 263 g/mol. The maximum Gasteiger partial charge on any atom is 0.169 e. The van der Waals surface area contributed by atoms with Gasteiger partial charge in [0.25, 0.3) is 0 Å². The van der Waals surface area contributed by atoms with Crippen molar-refractivity contribution in [2.45, 2.75) is 43.1 Å². The van der Waals surface area contributed by atoms with Gasteiger partial charge in [-0.3, -0.25) is 9.00 Å². The molecule has 0 aromatic heterocycles. The van der Waals surface area contributed by atoms with Crippen LogP contribution in [0, 0.1) is 18.7 Å². The molecule has 2 nitrogen and oxygen atoms in total. The summed E-state index contributed by atoms with van der Waals surface area (Å²) >= 11 is 0. The molecule has 102 valence electrons. The highest BCUT2D eigenvalue weighted by Crippen LogP contribution is 2.40. The van der Waals surface area contributed by atoms with Crippen molar-refractivity contribution in [1.29, 1.82) is 0 Å². The lowest BCUT2D eigenvalue weighted by atomic mass is 9.88. The van der Waals surface area contributed by atoms with Crippen molar-refractivity contribution in [3.63, 3.8) is 0 Å². The number of Topliss-reactive ketones (excluding diaryl/α,β-unsaturated/α-hetero) is 1. The Kier molecular flexibility index (Phi) is 3.29. The van der Waals surface area contributed by atoms with Crippen LogP contribution in [0.1, 0.15) is 41.6 Å². The summed E-state index contributed by atoms with van der Waals surface area (Å²) in [6.07, 6.45) is 3.24. The zero-order valence-corrected chi connectivity index (χ0v) is 11.7. The van der Waals surface area contributed by atoms with E-state index in [-0.39, 0.29) is 27.8 Å². The molecule has 0 spiro atoms. The largest absolute Gasteiger partial charge is 0.294 e. The molecule has 2 fully saturated rings. The third-order valence-corrected chi connectivity index (χ3v) is 6.57. The smallest absolute Gasteiger partial charge is 0.169 e. The Hall–Kier alpha value is -1.03. The van der Waals surface area contributed by atoms with Crippen molar-refractivity contribution in [2.75, 3.05) is 0 Å². The van der Waals surface area contributed by atoms with E-state index < -0.39 is 16.6 Å². The van der Waals surface area contributed by atoms with Gasteiger partial charge in [0.15, 0.2) is 5.78 Å². The highest BCUT2D eigenvalue weighted by Gasteiger charge is 2.43. The number of fused-ring (bicyclic) bond motifs is 2. The molecule has 2 saturated heterocycles. The van der Waals surface area contributed by atoms with Gasteiger partial charge in [-0.2, -0.15) is 0 Å². The zero-order valence-electron chi connectivity index (χ0n) is 10.9. The van der Waals surface area contributed by atoms with E-state index >= 15 is 0 Å². The summed E-state index contributed by atoms with van der Waals surface area (Å²) in [5, 5.41) is 0.305. The molecule has 0 saturated carbocycles. The van der Waals surface area contributed by atoms with E-state index in [9.17, 15) is 13.4 Å². The third kappa shape index (κ3) is 2.16. The minimum atomic E-state index is -0.769. The van der Waals surface area contributed by atoms with Gasteiger partial charge in [0, 0.05) is 27.2 Å². The van der Waals surface area contributed by atoms with Crippen LogP contribution in [0.3, 0.4) is 0 Å². The van der Waals surface area contributed by atoms with Crippen LogP contribution in [-0.2, 0) is 10.8 Å². The van der Waals surface area contributed by atoms with Gasteiger partial charge < -0.3 is 0 Å². The Morgan fingerprint density at radius 3 is 2.47 bits per heavy atom. The van der Waals surface area contributed by atoms with Gasteiger partial charge in [-0.15, -0.1) is 0 Å². The van der Waals surface area contributed by atoms with Gasteiger partial charge in [-0.25, -0.2) is 4.39 Å². The van der Waals surface area contributed by atoms with E-state index in [4.69, 9.17) is 0 Å². The van der Waals surface area contributed by atoms with Crippen LogP contribution in [0.25, 0.3) is 0 Å². The lowest BCUT2D eigenvalue weighted by Gasteiger charge is -2.26. The van der Waals surface area contributed by atoms with Gasteiger partial charge in [0.1, 0.15) is 5.82 Å². The van der Waals surface area contributed by atoms with Gasteiger partial charge in [-0.05, 0) is 44.2 Å². The fourth-order valence-corrected chi connectivity index (χ4v) is 5.52. The monoisotopic (exact) mass is 280 g/mol. The maximum atomic E-state index is 13.9. The maximum absolute atomic E-state index is 13.9. The lowest BCUT2D eigenvalue weighted by molar-refractivity contribution is 0.0901. The van der Waals surface area contributed by atoms with Crippen molar-refractivity contribution >= 4 is 16.6 Å². The third-order valence-electron chi connectivity index (χ3n) is 4.40. The fraction of sp³-hybridized carbons (Fsp3) is 0.533. The molecule has 0 N–H and O–H groups in total. The van der Waals surface area contributed by atoms with Crippen LogP contribution in [0.2, 0.25) is 0 Å². The Bertz CT molecular complexity index is 519. The molecule has 2 atom stereocenters. The lowest BCUT2D eigenvalue weighted by Crippen LogP contribution is -2.32. The van der Waals surface area contributed by atoms with Gasteiger partial charge >= 0.3 is 0 Å². The number of ketones is 1. The Morgan fingerprint density at radius 2 is 1.89 bits per heavy atom. The normalized spacial score (nSPS) is 33.4. The fourth-order valence-electron chi connectivity index (χ4n) is 3.39. The van der Waals surface area contributed by atoms with E-state index in [0.29, 0.717) is 18.4 Å². The summed E-state index contributed by atoms with van der Waals surface area (Å²) in [7, 11) is -0.769. The highest BCUT2D eigenvalue weighted by molar-refractivity contribution is 7.86. The molecule has 2 unspecified atom stereocenters.